The van der Waals surface area contributed by atoms with Crippen LogP contribution in [0.1, 0.15) is 12.6 Å². The van der Waals surface area contributed by atoms with Crippen LogP contribution in [0.3, 0.4) is 0 Å². The molecule has 0 aliphatic carbocycles. The number of aromatic nitrogens is 2. The Morgan fingerprint density at radius 1 is 1.65 bits per heavy atom. The second kappa shape index (κ2) is 5.23. The van der Waals surface area contributed by atoms with Crippen molar-refractivity contribution in [2.24, 2.45) is 0 Å². The Morgan fingerprint density at radius 3 is 2.88 bits per heavy atom. The summed E-state index contributed by atoms with van der Waals surface area (Å²) in [6, 6.07) is 1.48. The SMILES string of the molecule is Nc1ccn([C@H]2CC(O)[C@@H](CO)O2)c(=O)n1.O. The van der Waals surface area contributed by atoms with Gasteiger partial charge in [0.2, 0.25) is 0 Å². The molecule has 1 aromatic rings. The number of nitrogen functional groups attached to an aromatic ring is 1. The fraction of sp³-hybridized carbons (Fsp3) is 0.556. The van der Waals surface area contributed by atoms with Gasteiger partial charge < -0.3 is 26.2 Å². The minimum absolute atomic E-state index is 0. The molecule has 1 aliphatic heterocycles. The van der Waals surface area contributed by atoms with Crippen molar-refractivity contribution in [1.82, 2.24) is 9.55 Å². The summed E-state index contributed by atoms with van der Waals surface area (Å²) in [5, 5.41) is 18.4. The van der Waals surface area contributed by atoms with E-state index in [0.717, 1.165) is 0 Å². The van der Waals surface area contributed by atoms with E-state index in [9.17, 15) is 9.90 Å². The first-order chi connectivity index (χ1) is 7.61. The van der Waals surface area contributed by atoms with Crippen LogP contribution in [0.2, 0.25) is 0 Å². The maximum absolute atomic E-state index is 11.5. The number of anilines is 1. The third kappa shape index (κ3) is 2.61. The van der Waals surface area contributed by atoms with Crippen LogP contribution in [0.15, 0.2) is 17.1 Å². The van der Waals surface area contributed by atoms with Gasteiger partial charge in [0.15, 0.2) is 0 Å². The van der Waals surface area contributed by atoms with E-state index in [1.54, 1.807) is 0 Å². The minimum Gasteiger partial charge on any atom is -0.412 e. The van der Waals surface area contributed by atoms with E-state index in [2.05, 4.69) is 4.98 Å². The minimum atomic E-state index is -0.778. The van der Waals surface area contributed by atoms with Crippen LogP contribution < -0.4 is 11.4 Å². The molecule has 2 heterocycles. The van der Waals surface area contributed by atoms with Crippen molar-refractivity contribution >= 4 is 5.82 Å². The monoisotopic (exact) mass is 245 g/mol. The van der Waals surface area contributed by atoms with Gasteiger partial charge in [-0.1, -0.05) is 0 Å². The van der Waals surface area contributed by atoms with Crippen molar-refractivity contribution < 1.29 is 20.4 Å². The lowest BCUT2D eigenvalue weighted by atomic mass is 10.2. The first kappa shape index (κ1) is 13.6. The normalized spacial score (nSPS) is 27.8. The zero-order chi connectivity index (χ0) is 11.7. The van der Waals surface area contributed by atoms with E-state index >= 15 is 0 Å². The molecule has 0 radical (unpaired) electrons. The smallest absolute Gasteiger partial charge is 0.351 e. The molecule has 1 saturated heterocycles. The summed E-state index contributed by atoms with van der Waals surface area (Å²) >= 11 is 0. The van der Waals surface area contributed by atoms with E-state index in [1.165, 1.54) is 16.8 Å². The van der Waals surface area contributed by atoms with Crippen LogP contribution >= 0.6 is 0 Å². The Kier molecular flexibility index (Phi) is 4.18. The lowest BCUT2D eigenvalue weighted by molar-refractivity contribution is -0.0458. The molecule has 8 heteroatoms. The molecule has 0 amide bonds. The van der Waals surface area contributed by atoms with E-state index in [0.29, 0.717) is 0 Å². The molecule has 2 rings (SSSR count). The summed E-state index contributed by atoms with van der Waals surface area (Å²) in [6.45, 7) is -0.283. The average molecular weight is 245 g/mol. The van der Waals surface area contributed by atoms with Crippen molar-refractivity contribution in [2.45, 2.75) is 24.9 Å². The first-order valence-corrected chi connectivity index (χ1v) is 4.91. The Bertz CT molecular complexity index is 435. The molecule has 1 fully saturated rings. The zero-order valence-electron chi connectivity index (χ0n) is 8.98. The molecule has 0 saturated carbocycles. The third-order valence-electron chi connectivity index (χ3n) is 2.55. The lowest BCUT2D eigenvalue weighted by Crippen LogP contribution is -2.27. The first-order valence-electron chi connectivity index (χ1n) is 4.91. The molecule has 96 valence electrons. The molecule has 8 nitrogen and oxygen atoms in total. The molecular weight excluding hydrogens is 230 g/mol. The maximum Gasteiger partial charge on any atom is 0.351 e. The zero-order valence-corrected chi connectivity index (χ0v) is 8.98. The highest BCUT2D eigenvalue weighted by atomic mass is 16.5. The maximum atomic E-state index is 11.5. The number of hydrogen-bond donors (Lipinski definition) is 3. The second-order valence-electron chi connectivity index (χ2n) is 3.66. The van der Waals surface area contributed by atoms with Gasteiger partial charge in [-0.15, -0.1) is 0 Å². The number of nitrogens with zero attached hydrogens (tertiary/aromatic N) is 2. The Balaban J connectivity index is 0.00000144. The van der Waals surface area contributed by atoms with E-state index in [-0.39, 0.29) is 24.3 Å². The van der Waals surface area contributed by atoms with Crippen LogP contribution in [0.25, 0.3) is 0 Å². The molecule has 1 aliphatic rings. The highest BCUT2D eigenvalue weighted by Crippen LogP contribution is 2.27. The van der Waals surface area contributed by atoms with Gasteiger partial charge in [0, 0.05) is 12.6 Å². The number of rotatable bonds is 2. The number of aliphatic hydroxyl groups is 2. The Labute approximate surface area is 96.6 Å². The van der Waals surface area contributed by atoms with Crippen LogP contribution in [-0.4, -0.2) is 44.1 Å². The summed E-state index contributed by atoms with van der Waals surface area (Å²) in [4.78, 5) is 15.0. The van der Waals surface area contributed by atoms with Gasteiger partial charge in [-0.2, -0.15) is 4.98 Å². The molecule has 1 aromatic heterocycles. The molecule has 3 atom stereocenters. The predicted molar refractivity (Wildman–Crippen MR) is 58.1 cm³/mol. The number of aliphatic hydroxyl groups excluding tert-OH is 2. The number of hydrogen-bond acceptors (Lipinski definition) is 6. The number of ether oxygens (including phenoxy) is 1. The lowest BCUT2D eigenvalue weighted by Gasteiger charge is -2.13. The van der Waals surface area contributed by atoms with Crippen molar-refractivity contribution in [3.8, 4) is 0 Å². The molecule has 1 unspecified atom stereocenters. The summed E-state index contributed by atoms with van der Waals surface area (Å²) in [5.41, 5.74) is 4.82. The number of nitrogens with two attached hydrogens (primary N) is 1. The fourth-order valence-corrected chi connectivity index (χ4v) is 1.70. The van der Waals surface area contributed by atoms with Gasteiger partial charge in [-0.05, 0) is 6.07 Å². The largest absolute Gasteiger partial charge is 0.412 e. The third-order valence-corrected chi connectivity index (χ3v) is 2.55. The van der Waals surface area contributed by atoms with E-state index in [1.807, 2.05) is 0 Å². The summed E-state index contributed by atoms with van der Waals surface area (Å²) in [6.07, 6.45) is -0.333. The van der Waals surface area contributed by atoms with Crippen molar-refractivity contribution in [2.75, 3.05) is 12.3 Å². The quantitative estimate of drug-likeness (QED) is 0.532. The van der Waals surface area contributed by atoms with Crippen molar-refractivity contribution in [3.63, 3.8) is 0 Å². The topological polar surface area (TPSA) is 142 Å². The van der Waals surface area contributed by atoms with Crippen molar-refractivity contribution in [3.05, 3.63) is 22.7 Å². The summed E-state index contributed by atoms with van der Waals surface area (Å²) in [5.74, 6) is 0.138. The highest BCUT2D eigenvalue weighted by molar-refractivity contribution is 5.23. The van der Waals surface area contributed by atoms with Crippen molar-refractivity contribution in [1.29, 1.82) is 0 Å². The van der Waals surface area contributed by atoms with Gasteiger partial charge in [0.25, 0.3) is 0 Å². The predicted octanol–water partition coefficient (Wildman–Crippen LogP) is -2.36. The van der Waals surface area contributed by atoms with E-state index in [4.69, 9.17) is 15.6 Å². The van der Waals surface area contributed by atoms with Gasteiger partial charge >= 0.3 is 5.69 Å². The Hall–Kier alpha value is -1.48. The van der Waals surface area contributed by atoms with Gasteiger partial charge in [0.05, 0.1) is 12.7 Å². The van der Waals surface area contributed by atoms with E-state index < -0.39 is 24.1 Å². The van der Waals surface area contributed by atoms with Crippen LogP contribution in [-0.2, 0) is 4.74 Å². The molecule has 0 spiro atoms. The average Bonchev–Trinajstić information content (AvgIpc) is 2.59. The molecule has 0 bridgehead atoms. The standard InChI is InChI=1S/C9H13N3O4.H2O/c10-7-1-2-12(9(15)11-7)8-3-5(14)6(4-13)16-8;/h1-2,5-6,8,13-14H,3-4H2,(H2,10,11,15);1H2/t5?,6-,8-;/m1./s1. The van der Waals surface area contributed by atoms with Crippen LogP contribution in [0.4, 0.5) is 5.82 Å². The fourth-order valence-electron chi connectivity index (χ4n) is 1.70. The molecule has 17 heavy (non-hydrogen) atoms. The van der Waals surface area contributed by atoms with Gasteiger partial charge in [-0.25, -0.2) is 4.79 Å². The van der Waals surface area contributed by atoms with Gasteiger partial charge in [0.1, 0.15) is 18.1 Å². The molecule has 0 aromatic carbocycles. The molecular formula is C9H15N3O5. The van der Waals surface area contributed by atoms with Crippen LogP contribution in [0, 0.1) is 0 Å². The van der Waals surface area contributed by atoms with Crippen LogP contribution in [0.5, 0.6) is 0 Å². The highest BCUT2D eigenvalue weighted by Gasteiger charge is 2.34. The van der Waals surface area contributed by atoms with Gasteiger partial charge in [-0.3, -0.25) is 4.57 Å². The summed E-state index contributed by atoms with van der Waals surface area (Å²) < 4.78 is 6.56. The molecule has 6 N–H and O–H groups in total. The second-order valence-corrected chi connectivity index (χ2v) is 3.66. The summed E-state index contributed by atoms with van der Waals surface area (Å²) in [7, 11) is 0. The Morgan fingerprint density at radius 2 is 2.35 bits per heavy atom.